The molecule has 0 spiro atoms. The van der Waals surface area contributed by atoms with Gasteiger partial charge in [-0.05, 0) is 25.8 Å². The zero-order valence-corrected chi connectivity index (χ0v) is 11.3. The van der Waals surface area contributed by atoms with Crippen LogP contribution in [0.4, 0.5) is 0 Å². The molecule has 18 heavy (non-hydrogen) atoms. The number of aromatic nitrogens is 1. The van der Waals surface area contributed by atoms with Gasteiger partial charge in [-0.1, -0.05) is 31.7 Å². The fraction of sp³-hybridized carbons (Fsp3) is 0.667. The third-order valence-corrected chi connectivity index (χ3v) is 3.85. The zero-order valence-electron chi connectivity index (χ0n) is 11.3. The summed E-state index contributed by atoms with van der Waals surface area (Å²) in [6.45, 7) is 3.54. The van der Waals surface area contributed by atoms with Crippen molar-refractivity contribution in [1.82, 2.24) is 9.88 Å². The lowest BCUT2D eigenvalue weighted by Crippen LogP contribution is -2.33. The number of hydrogen-bond acceptors (Lipinski definition) is 2. The van der Waals surface area contributed by atoms with Crippen LogP contribution in [-0.4, -0.2) is 17.2 Å². The Kier molecular flexibility index (Phi) is 5.00. The van der Waals surface area contributed by atoms with Gasteiger partial charge in [0.25, 0.3) is 5.56 Å². The van der Waals surface area contributed by atoms with E-state index in [0.717, 1.165) is 18.7 Å². The predicted molar refractivity (Wildman–Crippen MR) is 74.9 cm³/mol. The maximum Gasteiger partial charge on any atom is 0.253 e. The molecule has 1 saturated carbocycles. The second-order valence-electron chi connectivity index (χ2n) is 5.33. The Morgan fingerprint density at radius 1 is 1.28 bits per heavy atom. The summed E-state index contributed by atoms with van der Waals surface area (Å²) in [5.74, 6) is 0. The Hall–Kier alpha value is -1.09. The summed E-state index contributed by atoms with van der Waals surface area (Å²) in [6.07, 6.45) is 9.94. The molecule has 0 unspecified atom stereocenters. The van der Waals surface area contributed by atoms with Gasteiger partial charge < -0.3 is 9.88 Å². The van der Waals surface area contributed by atoms with Crippen molar-refractivity contribution in [3.05, 3.63) is 34.2 Å². The molecule has 100 valence electrons. The van der Waals surface area contributed by atoms with Crippen LogP contribution in [0.2, 0.25) is 0 Å². The van der Waals surface area contributed by atoms with E-state index in [1.165, 1.54) is 38.5 Å². The van der Waals surface area contributed by atoms with E-state index in [9.17, 15) is 4.79 Å². The first-order valence-electron chi connectivity index (χ1n) is 7.17. The minimum atomic E-state index is 0.139. The Bertz CT molecular complexity index is 417. The minimum absolute atomic E-state index is 0.139. The highest BCUT2D eigenvalue weighted by atomic mass is 16.1. The first-order chi connectivity index (χ1) is 8.77. The van der Waals surface area contributed by atoms with E-state index in [1.54, 1.807) is 4.57 Å². The number of hydrogen-bond donors (Lipinski definition) is 1. The van der Waals surface area contributed by atoms with Gasteiger partial charge in [-0.2, -0.15) is 0 Å². The van der Waals surface area contributed by atoms with Crippen LogP contribution >= 0.6 is 0 Å². The van der Waals surface area contributed by atoms with Gasteiger partial charge in [0.1, 0.15) is 0 Å². The molecule has 1 aliphatic carbocycles. The minimum Gasteiger partial charge on any atom is -0.314 e. The van der Waals surface area contributed by atoms with Crippen molar-refractivity contribution in [3.63, 3.8) is 0 Å². The van der Waals surface area contributed by atoms with Crippen molar-refractivity contribution in [2.24, 2.45) is 0 Å². The summed E-state index contributed by atoms with van der Waals surface area (Å²) < 4.78 is 1.80. The average Bonchev–Trinajstić information content (AvgIpc) is 2.63. The number of rotatable bonds is 4. The molecular weight excluding hydrogens is 224 g/mol. The van der Waals surface area contributed by atoms with Gasteiger partial charge in [0.05, 0.1) is 0 Å². The normalized spacial score (nSPS) is 17.6. The number of nitrogens with zero attached hydrogens (tertiary/aromatic N) is 1. The lowest BCUT2D eigenvalue weighted by Gasteiger charge is -2.16. The smallest absolute Gasteiger partial charge is 0.253 e. The van der Waals surface area contributed by atoms with Crippen molar-refractivity contribution in [1.29, 1.82) is 0 Å². The summed E-state index contributed by atoms with van der Waals surface area (Å²) in [7, 11) is 0. The highest BCUT2D eigenvalue weighted by molar-refractivity contribution is 5.07. The van der Waals surface area contributed by atoms with Gasteiger partial charge >= 0.3 is 0 Å². The average molecular weight is 248 g/mol. The molecule has 0 aliphatic heterocycles. The molecule has 3 nitrogen and oxygen atoms in total. The van der Waals surface area contributed by atoms with Crippen LogP contribution in [0, 0.1) is 6.92 Å². The lowest BCUT2D eigenvalue weighted by atomic mass is 10.1. The molecule has 3 heteroatoms. The quantitative estimate of drug-likeness (QED) is 0.831. The molecular formula is C15H24N2O. The van der Waals surface area contributed by atoms with Crippen LogP contribution in [0.15, 0.2) is 23.1 Å². The Balaban J connectivity index is 1.81. The maximum atomic E-state index is 11.8. The second-order valence-corrected chi connectivity index (χ2v) is 5.33. The van der Waals surface area contributed by atoms with Gasteiger partial charge in [-0.15, -0.1) is 0 Å². The van der Waals surface area contributed by atoms with E-state index in [2.05, 4.69) is 5.32 Å². The first kappa shape index (κ1) is 13.3. The van der Waals surface area contributed by atoms with Crippen molar-refractivity contribution in [2.45, 2.75) is 58.0 Å². The van der Waals surface area contributed by atoms with E-state index in [4.69, 9.17) is 0 Å². The van der Waals surface area contributed by atoms with Gasteiger partial charge in [0.2, 0.25) is 0 Å². The van der Waals surface area contributed by atoms with Gasteiger partial charge in [-0.25, -0.2) is 0 Å². The summed E-state index contributed by atoms with van der Waals surface area (Å²) in [4.78, 5) is 11.8. The van der Waals surface area contributed by atoms with Crippen LogP contribution < -0.4 is 10.9 Å². The molecule has 1 aliphatic rings. The van der Waals surface area contributed by atoms with Crippen LogP contribution in [0.5, 0.6) is 0 Å². The van der Waals surface area contributed by atoms with E-state index in [0.29, 0.717) is 6.04 Å². The summed E-state index contributed by atoms with van der Waals surface area (Å²) in [5, 5.41) is 3.60. The number of nitrogens with one attached hydrogen (secondary N) is 1. The van der Waals surface area contributed by atoms with Crippen LogP contribution in [0.25, 0.3) is 0 Å². The highest BCUT2D eigenvalue weighted by Gasteiger charge is 2.10. The monoisotopic (exact) mass is 248 g/mol. The first-order valence-corrected chi connectivity index (χ1v) is 7.17. The molecule has 1 heterocycles. The molecule has 0 amide bonds. The molecule has 1 aromatic heterocycles. The van der Waals surface area contributed by atoms with Gasteiger partial charge in [0, 0.05) is 30.9 Å². The van der Waals surface area contributed by atoms with E-state index in [-0.39, 0.29) is 5.56 Å². The SMILES string of the molecule is Cc1cccn(CCNC2CCCCCC2)c1=O. The van der Waals surface area contributed by atoms with Gasteiger partial charge in [0.15, 0.2) is 0 Å². The summed E-state index contributed by atoms with van der Waals surface area (Å²) >= 11 is 0. The summed E-state index contributed by atoms with van der Waals surface area (Å²) in [5.41, 5.74) is 0.965. The molecule has 0 atom stereocenters. The van der Waals surface area contributed by atoms with Crippen molar-refractivity contribution >= 4 is 0 Å². The Morgan fingerprint density at radius 3 is 2.72 bits per heavy atom. The standard InChI is InChI=1S/C15H24N2O/c1-13-7-6-11-17(15(13)18)12-10-16-14-8-4-2-3-5-9-14/h6-7,11,14,16H,2-5,8-10,12H2,1H3. The van der Waals surface area contributed by atoms with Crippen molar-refractivity contribution < 1.29 is 0 Å². The molecule has 2 rings (SSSR count). The largest absolute Gasteiger partial charge is 0.314 e. The molecule has 1 aromatic rings. The maximum absolute atomic E-state index is 11.8. The number of pyridine rings is 1. The molecule has 0 radical (unpaired) electrons. The zero-order chi connectivity index (χ0) is 12.8. The fourth-order valence-corrected chi connectivity index (χ4v) is 2.71. The lowest BCUT2D eigenvalue weighted by molar-refractivity contribution is 0.442. The molecule has 1 fully saturated rings. The Labute approximate surface area is 109 Å². The van der Waals surface area contributed by atoms with Crippen LogP contribution in [0.1, 0.15) is 44.1 Å². The highest BCUT2D eigenvalue weighted by Crippen LogP contribution is 2.16. The number of aryl methyl sites for hydroxylation is 1. The molecule has 1 N–H and O–H groups in total. The third-order valence-electron chi connectivity index (χ3n) is 3.85. The van der Waals surface area contributed by atoms with Crippen LogP contribution in [-0.2, 0) is 6.54 Å². The van der Waals surface area contributed by atoms with Crippen molar-refractivity contribution in [3.8, 4) is 0 Å². The predicted octanol–water partition coefficient (Wildman–Crippen LogP) is 2.47. The summed E-state index contributed by atoms with van der Waals surface area (Å²) in [6, 6.07) is 4.48. The third kappa shape index (κ3) is 3.70. The van der Waals surface area contributed by atoms with Crippen molar-refractivity contribution in [2.75, 3.05) is 6.54 Å². The second kappa shape index (κ2) is 6.74. The fourth-order valence-electron chi connectivity index (χ4n) is 2.71. The van der Waals surface area contributed by atoms with E-state index >= 15 is 0 Å². The van der Waals surface area contributed by atoms with Crippen LogP contribution in [0.3, 0.4) is 0 Å². The molecule has 0 bridgehead atoms. The topological polar surface area (TPSA) is 34.0 Å². The molecule has 0 saturated heterocycles. The van der Waals surface area contributed by atoms with E-state index < -0.39 is 0 Å². The van der Waals surface area contributed by atoms with Gasteiger partial charge in [-0.3, -0.25) is 4.79 Å². The Morgan fingerprint density at radius 2 is 2.00 bits per heavy atom. The van der Waals surface area contributed by atoms with E-state index in [1.807, 2.05) is 25.3 Å². The molecule has 0 aromatic carbocycles.